The zero-order chi connectivity index (χ0) is 52.6. The number of rotatable bonds is 52. The monoisotopic (exact) mass is 1040 g/mol. The fraction of sp³-hybridized carbons (Fsp3) is 0.898. The fourth-order valence-electron chi connectivity index (χ4n) is 9.39. The first kappa shape index (κ1) is 68.1. The quantitative estimate of drug-likeness (QED) is 0.0196. The van der Waals surface area contributed by atoms with Gasteiger partial charge >= 0.3 is 11.9 Å². The van der Waals surface area contributed by atoms with Gasteiger partial charge in [-0.25, -0.2) is 0 Å². The molecule has 1 fully saturated rings. The smallest absolute Gasteiger partial charge is 0.306 e. The minimum atomic E-state index is -4.61. The summed E-state index contributed by atoms with van der Waals surface area (Å²) in [6.45, 7) is 3.80. The summed E-state index contributed by atoms with van der Waals surface area (Å²) in [5, 5.41) is 31.1. The molecule has 0 radical (unpaired) electrons. The number of carbonyl (C=O) groups is 2. The molecule has 0 bridgehead atoms. The highest BCUT2D eigenvalue weighted by atomic mass is 32.2. The molecule has 0 saturated carbocycles. The third-order valence-corrected chi connectivity index (χ3v) is 14.8. The molecule has 72 heavy (non-hydrogen) atoms. The Bertz CT molecular complexity index is 1410. The fourth-order valence-corrected chi connectivity index (χ4v) is 10.1. The van der Waals surface area contributed by atoms with Crippen molar-refractivity contribution < 1.29 is 56.8 Å². The van der Waals surface area contributed by atoms with Gasteiger partial charge in [0.2, 0.25) is 0 Å². The molecule has 0 spiro atoms. The van der Waals surface area contributed by atoms with Gasteiger partial charge in [-0.15, -0.1) is 0 Å². The normalized spacial score (nSPS) is 18.9. The molecular formula is C59H110O12S. The Kier molecular flexibility index (Phi) is 46.1. The van der Waals surface area contributed by atoms with Crippen LogP contribution in [-0.4, -0.2) is 96.0 Å². The molecule has 12 nitrogen and oxygen atoms in total. The van der Waals surface area contributed by atoms with Gasteiger partial charge in [0.25, 0.3) is 10.1 Å². The Morgan fingerprint density at radius 1 is 0.458 bits per heavy atom. The summed E-state index contributed by atoms with van der Waals surface area (Å²) in [5.74, 6) is -2.01. The van der Waals surface area contributed by atoms with Crippen LogP contribution >= 0.6 is 0 Å². The Balaban J connectivity index is 2.30. The predicted molar refractivity (Wildman–Crippen MR) is 293 cm³/mol. The van der Waals surface area contributed by atoms with Gasteiger partial charge in [-0.05, 0) is 57.8 Å². The number of aliphatic hydroxyl groups is 3. The van der Waals surface area contributed by atoms with E-state index in [0.29, 0.717) is 12.8 Å². The molecule has 0 amide bonds. The molecule has 1 saturated heterocycles. The molecular weight excluding hydrogens is 933 g/mol. The lowest BCUT2D eigenvalue weighted by Crippen LogP contribution is -2.60. The highest BCUT2D eigenvalue weighted by Gasteiger charge is 2.46. The minimum absolute atomic E-state index is 0.161. The number of carbonyl (C=O) groups excluding carboxylic acids is 2. The Labute approximate surface area is 440 Å². The van der Waals surface area contributed by atoms with Gasteiger partial charge in [-0.2, -0.15) is 8.42 Å². The third-order valence-electron chi connectivity index (χ3n) is 14.0. The molecule has 0 aromatic rings. The number of hydrogen-bond donors (Lipinski definition) is 4. The van der Waals surface area contributed by atoms with Crippen LogP contribution in [0.2, 0.25) is 0 Å². The molecule has 1 aliphatic rings. The highest BCUT2D eigenvalue weighted by Crippen LogP contribution is 2.24. The topological polar surface area (TPSA) is 186 Å². The number of unbranched alkanes of at least 4 members (excludes halogenated alkanes) is 36. The zero-order valence-corrected chi connectivity index (χ0v) is 46.9. The maximum absolute atomic E-state index is 12.9. The van der Waals surface area contributed by atoms with Gasteiger partial charge < -0.3 is 34.3 Å². The lowest BCUT2D eigenvalue weighted by Gasteiger charge is -2.40. The van der Waals surface area contributed by atoms with Crippen LogP contribution in [0.5, 0.6) is 0 Å². The molecule has 4 N–H and O–H groups in total. The molecule has 1 aliphatic heterocycles. The lowest BCUT2D eigenvalue weighted by molar-refractivity contribution is -0.297. The Morgan fingerprint density at radius 3 is 1.19 bits per heavy atom. The first-order valence-electron chi connectivity index (χ1n) is 29.9. The molecule has 0 aromatic carbocycles. The van der Waals surface area contributed by atoms with Crippen LogP contribution < -0.4 is 0 Å². The zero-order valence-electron chi connectivity index (χ0n) is 46.1. The molecule has 1 heterocycles. The van der Waals surface area contributed by atoms with E-state index in [4.69, 9.17) is 18.9 Å². The van der Waals surface area contributed by atoms with Crippen molar-refractivity contribution in [3.8, 4) is 0 Å². The number of esters is 2. The summed E-state index contributed by atoms with van der Waals surface area (Å²) in [6, 6.07) is 0. The van der Waals surface area contributed by atoms with E-state index >= 15 is 0 Å². The Morgan fingerprint density at radius 2 is 0.806 bits per heavy atom. The van der Waals surface area contributed by atoms with Crippen LogP contribution in [0.1, 0.15) is 284 Å². The van der Waals surface area contributed by atoms with E-state index in [2.05, 4.69) is 38.2 Å². The number of allylic oxidation sites excluding steroid dienone is 4. The van der Waals surface area contributed by atoms with Crippen molar-refractivity contribution in [1.82, 2.24) is 0 Å². The molecule has 0 aliphatic carbocycles. The lowest BCUT2D eigenvalue weighted by atomic mass is 10.00. The van der Waals surface area contributed by atoms with Crippen LogP contribution in [-0.2, 0) is 38.7 Å². The van der Waals surface area contributed by atoms with E-state index in [1.165, 1.54) is 212 Å². The average Bonchev–Trinajstić information content (AvgIpc) is 3.35. The van der Waals surface area contributed by atoms with Gasteiger partial charge in [0.15, 0.2) is 12.4 Å². The molecule has 0 aromatic heterocycles. The van der Waals surface area contributed by atoms with Crippen LogP contribution in [0.25, 0.3) is 0 Å². The second kappa shape index (κ2) is 48.8. The van der Waals surface area contributed by atoms with Crippen LogP contribution in [0.15, 0.2) is 24.3 Å². The van der Waals surface area contributed by atoms with Crippen LogP contribution in [0.4, 0.5) is 0 Å². The summed E-state index contributed by atoms with van der Waals surface area (Å²) in [5.41, 5.74) is 0. The maximum atomic E-state index is 12.9. The van der Waals surface area contributed by atoms with Gasteiger partial charge in [-0.1, -0.05) is 237 Å². The maximum Gasteiger partial charge on any atom is 0.306 e. The third kappa shape index (κ3) is 42.4. The summed E-state index contributed by atoms with van der Waals surface area (Å²) in [7, 11) is -4.61. The van der Waals surface area contributed by atoms with Crippen molar-refractivity contribution in [3.63, 3.8) is 0 Å². The Hall–Kier alpha value is -1.87. The van der Waals surface area contributed by atoms with Gasteiger partial charge in [0.05, 0.1) is 6.61 Å². The molecule has 1 rings (SSSR count). The SMILES string of the molecule is CCCCCCCC/C=C/CCCCCCCCCCCCCC(=O)O[C@H](COC(=O)CCC/C=C/CCCCCCCCCCCCCCCCCCCC)CO[C@H]1O[C@H](CS(=O)(=O)O)[C@@H](O)C(O)C1O. The van der Waals surface area contributed by atoms with Gasteiger partial charge in [0, 0.05) is 12.8 Å². The van der Waals surface area contributed by atoms with Crippen molar-refractivity contribution in [3.05, 3.63) is 24.3 Å². The molecule has 13 heteroatoms. The summed E-state index contributed by atoms with van der Waals surface area (Å²) in [6.07, 6.45) is 49.5. The van der Waals surface area contributed by atoms with Crippen LogP contribution in [0.3, 0.4) is 0 Å². The highest BCUT2D eigenvalue weighted by molar-refractivity contribution is 7.85. The van der Waals surface area contributed by atoms with Crippen molar-refractivity contribution >= 4 is 22.1 Å². The van der Waals surface area contributed by atoms with Crippen molar-refractivity contribution in [2.24, 2.45) is 0 Å². The van der Waals surface area contributed by atoms with E-state index in [1.807, 2.05) is 0 Å². The largest absolute Gasteiger partial charge is 0.462 e. The summed E-state index contributed by atoms with van der Waals surface area (Å²) >= 11 is 0. The van der Waals surface area contributed by atoms with Crippen LogP contribution in [0, 0.1) is 0 Å². The van der Waals surface area contributed by atoms with Crippen molar-refractivity contribution in [1.29, 1.82) is 0 Å². The first-order chi connectivity index (χ1) is 35.0. The standard InChI is InChI=1S/C59H110O12S/c1-3-5-7-9-11-13-15-17-19-21-23-25-26-28-29-31-33-35-37-39-41-43-45-47-54(60)68-49-52(50-69-59-58(64)57(63)56(62)53(71-59)51-72(65,66)67)70-55(61)48-46-44-42-40-38-36-34-32-30-27-24-22-20-18-16-14-12-10-8-6-4-2/h18,20,39,41,52-53,56-59,62-64H,3-17,19,21-38,40,42-51H2,1-2H3,(H,65,66,67)/b20-18+,41-39+/t52-,53-,56-,57?,58?,59+/m1/s1. The summed E-state index contributed by atoms with van der Waals surface area (Å²) < 4.78 is 54.4. The second-order valence-corrected chi connectivity index (χ2v) is 22.5. The van der Waals surface area contributed by atoms with Crippen molar-refractivity contribution in [2.75, 3.05) is 19.0 Å². The second-order valence-electron chi connectivity index (χ2n) is 21.0. The van der Waals surface area contributed by atoms with Gasteiger partial charge in [0.1, 0.15) is 36.8 Å². The molecule has 2 unspecified atom stereocenters. The van der Waals surface area contributed by atoms with Gasteiger partial charge in [-0.3, -0.25) is 14.1 Å². The number of hydrogen-bond acceptors (Lipinski definition) is 11. The van der Waals surface area contributed by atoms with E-state index < -0.39 is 71.2 Å². The number of ether oxygens (including phenoxy) is 4. The van der Waals surface area contributed by atoms with E-state index in [-0.39, 0.29) is 19.4 Å². The van der Waals surface area contributed by atoms with E-state index in [9.17, 15) is 37.9 Å². The summed E-state index contributed by atoms with van der Waals surface area (Å²) in [4.78, 5) is 25.6. The predicted octanol–water partition coefficient (Wildman–Crippen LogP) is 14.7. The first-order valence-corrected chi connectivity index (χ1v) is 31.5. The van der Waals surface area contributed by atoms with E-state index in [0.717, 1.165) is 32.1 Å². The van der Waals surface area contributed by atoms with Crippen molar-refractivity contribution in [2.45, 2.75) is 320 Å². The van der Waals surface area contributed by atoms with E-state index in [1.54, 1.807) is 0 Å². The average molecular weight is 1040 g/mol. The number of aliphatic hydroxyl groups excluding tert-OH is 3. The molecule has 6 atom stereocenters. The molecule has 424 valence electrons. The minimum Gasteiger partial charge on any atom is -0.462 e.